The third-order valence-corrected chi connectivity index (χ3v) is 6.03. The van der Waals surface area contributed by atoms with Crippen molar-refractivity contribution < 1.29 is 14.7 Å². The lowest BCUT2D eigenvalue weighted by Gasteiger charge is -2.31. The van der Waals surface area contributed by atoms with Crippen molar-refractivity contribution in [3.05, 3.63) is 35.7 Å². The molecule has 168 valence electrons. The molecule has 1 fully saturated rings. The molecule has 8 heteroatoms. The fourth-order valence-corrected chi connectivity index (χ4v) is 4.28. The Hall–Kier alpha value is -2.87. The van der Waals surface area contributed by atoms with Gasteiger partial charge in [-0.15, -0.1) is 0 Å². The molecule has 4 N–H and O–H groups in total. The van der Waals surface area contributed by atoms with Gasteiger partial charge in [0.15, 0.2) is 0 Å². The van der Waals surface area contributed by atoms with Crippen molar-refractivity contribution in [3.63, 3.8) is 0 Å². The molecule has 1 heterocycles. The molecule has 1 unspecified atom stereocenters. The van der Waals surface area contributed by atoms with E-state index < -0.39 is 6.04 Å². The Kier molecular flexibility index (Phi) is 7.68. The van der Waals surface area contributed by atoms with Crippen LogP contribution in [-0.4, -0.2) is 58.4 Å². The maximum Gasteiger partial charge on any atom is 0.317 e. The van der Waals surface area contributed by atoms with E-state index in [1.165, 1.54) is 4.90 Å². The quantitative estimate of drug-likeness (QED) is 0.544. The minimum absolute atomic E-state index is 0.107. The van der Waals surface area contributed by atoms with E-state index in [0.29, 0.717) is 5.69 Å². The number of anilines is 1. The number of hydrogen-bond donors (Lipinski definition) is 4. The number of rotatable bonds is 7. The highest BCUT2D eigenvalue weighted by Gasteiger charge is 2.31. The standard InChI is InChI=1S/C23H33N5O3/c1-15-20(16(2)27-26-15)17-9-11-19(12-10-17)24-22(30)21(18-7-5-4-6-8-18)25-23(31)28(3)13-14-29/h9-12,18,21,29H,4-8,13-14H2,1-3H3,(H,24,30)(H,25,31)(H,26,27). The Balaban J connectivity index is 1.72. The summed E-state index contributed by atoms with van der Waals surface area (Å²) in [6.07, 6.45) is 5.13. The highest BCUT2D eigenvalue weighted by molar-refractivity contribution is 5.97. The van der Waals surface area contributed by atoms with Crippen LogP contribution in [0.1, 0.15) is 43.5 Å². The van der Waals surface area contributed by atoms with Crippen molar-refractivity contribution in [2.75, 3.05) is 25.5 Å². The molecule has 2 aromatic rings. The number of aryl methyl sites for hydroxylation is 2. The van der Waals surface area contributed by atoms with Crippen LogP contribution in [0.15, 0.2) is 24.3 Å². The molecule has 1 saturated carbocycles. The third-order valence-electron chi connectivity index (χ3n) is 6.03. The lowest BCUT2D eigenvalue weighted by atomic mass is 9.83. The zero-order chi connectivity index (χ0) is 22.4. The number of urea groups is 1. The maximum absolute atomic E-state index is 13.1. The summed E-state index contributed by atoms with van der Waals surface area (Å²) in [6.45, 7) is 4.04. The van der Waals surface area contributed by atoms with Crippen LogP contribution < -0.4 is 10.6 Å². The molecule has 0 spiro atoms. The highest BCUT2D eigenvalue weighted by atomic mass is 16.3. The van der Waals surface area contributed by atoms with Crippen LogP contribution in [0.2, 0.25) is 0 Å². The van der Waals surface area contributed by atoms with Crippen molar-refractivity contribution in [1.29, 1.82) is 0 Å². The first kappa shape index (κ1) is 22.8. The number of carbonyl (C=O) groups is 2. The summed E-state index contributed by atoms with van der Waals surface area (Å²) in [5.74, 6) is -0.100. The summed E-state index contributed by atoms with van der Waals surface area (Å²) in [5.41, 5.74) is 4.72. The van der Waals surface area contributed by atoms with Gasteiger partial charge in [-0.25, -0.2) is 4.79 Å². The Labute approximate surface area is 183 Å². The normalized spacial score (nSPS) is 15.4. The minimum Gasteiger partial charge on any atom is -0.395 e. The number of carbonyl (C=O) groups excluding carboxylic acids is 2. The molecule has 0 radical (unpaired) electrons. The molecule has 1 aliphatic carbocycles. The molecule has 1 aromatic heterocycles. The summed E-state index contributed by atoms with van der Waals surface area (Å²) in [5, 5.41) is 22.2. The SMILES string of the molecule is Cc1n[nH]c(C)c1-c1ccc(NC(=O)C(NC(=O)N(C)CCO)C2CCCCC2)cc1. The van der Waals surface area contributed by atoms with Crippen molar-refractivity contribution in [3.8, 4) is 11.1 Å². The number of aromatic nitrogens is 2. The maximum atomic E-state index is 13.1. The lowest BCUT2D eigenvalue weighted by molar-refractivity contribution is -0.119. The van der Waals surface area contributed by atoms with Gasteiger partial charge in [-0.3, -0.25) is 9.89 Å². The van der Waals surface area contributed by atoms with Gasteiger partial charge in [0.1, 0.15) is 6.04 Å². The Bertz CT molecular complexity index is 868. The van der Waals surface area contributed by atoms with Gasteiger partial charge in [-0.05, 0) is 50.3 Å². The smallest absolute Gasteiger partial charge is 0.317 e. The van der Waals surface area contributed by atoms with Gasteiger partial charge in [0.2, 0.25) is 5.91 Å². The largest absolute Gasteiger partial charge is 0.395 e. The molecular formula is C23H33N5O3. The summed E-state index contributed by atoms with van der Waals surface area (Å²) in [6, 6.07) is 6.72. The van der Waals surface area contributed by atoms with E-state index in [9.17, 15) is 9.59 Å². The van der Waals surface area contributed by atoms with Crippen LogP contribution in [0.5, 0.6) is 0 Å². The van der Waals surface area contributed by atoms with Gasteiger partial charge in [-0.2, -0.15) is 5.10 Å². The van der Waals surface area contributed by atoms with Gasteiger partial charge in [0.05, 0.1) is 12.3 Å². The van der Waals surface area contributed by atoms with E-state index >= 15 is 0 Å². The minimum atomic E-state index is -0.605. The number of aliphatic hydroxyl groups excluding tert-OH is 1. The number of nitrogens with zero attached hydrogens (tertiary/aromatic N) is 2. The average Bonchev–Trinajstić information content (AvgIpc) is 3.11. The predicted octanol–water partition coefficient (Wildman–Crippen LogP) is 3.21. The molecule has 8 nitrogen and oxygen atoms in total. The average molecular weight is 428 g/mol. The second kappa shape index (κ2) is 10.4. The van der Waals surface area contributed by atoms with E-state index in [1.54, 1.807) is 7.05 Å². The Morgan fingerprint density at radius 1 is 1.19 bits per heavy atom. The Morgan fingerprint density at radius 2 is 1.87 bits per heavy atom. The van der Waals surface area contributed by atoms with Crippen LogP contribution in [0.25, 0.3) is 11.1 Å². The van der Waals surface area contributed by atoms with Gasteiger partial charge >= 0.3 is 6.03 Å². The van der Waals surface area contributed by atoms with E-state index in [4.69, 9.17) is 5.11 Å². The molecule has 1 atom stereocenters. The topological polar surface area (TPSA) is 110 Å². The molecule has 0 saturated heterocycles. The summed E-state index contributed by atoms with van der Waals surface area (Å²) >= 11 is 0. The lowest BCUT2D eigenvalue weighted by Crippen LogP contribution is -2.52. The summed E-state index contributed by atoms with van der Waals surface area (Å²) in [4.78, 5) is 27.0. The first-order valence-corrected chi connectivity index (χ1v) is 11.0. The Morgan fingerprint density at radius 3 is 2.45 bits per heavy atom. The third kappa shape index (κ3) is 5.64. The van der Waals surface area contributed by atoms with Gasteiger partial charge in [-0.1, -0.05) is 31.4 Å². The van der Waals surface area contributed by atoms with E-state index in [1.807, 2.05) is 38.1 Å². The van der Waals surface area contributed by atoms with E-state index in [0.717, 1.165) is 54.6 Å². The van der Waals surface area contributed by atoms with Crippen LogP contribution in [0.4, 0.5) is 10.5 Å². The fourth-order valence-electron chi connectivity index (χ4n) is 4.28. The highest BCUT2D eigenvalue weighted by Crippen LogP contribution is 2.29. The van der Waals surface area contributed by atoms with Crippen LogP contribution in [0.3, 0.4) is 0 Å². The van der Waals surface area contributed by atoms with Gasteiger partial charge in [0, 0.05) is 30.5 Å². The predicted molar refractivity (Wildman–Crippen MR) is 121 cm³/mol. The number of hydrogen-bond acceptors (Lipinski definition) is 4. The van der Waals surface area contributed by atoms with Crippen molar-refractivity contribution >= 4 is 17.6 Å². The zero-order valence-electron chi connectivity index (χ0n) is 18.6. The molecular weight excluding hydrogens is 394 g/mol. The molecule has 0 bridgehead atoms. The van der Waals surface area contributed by atoms with E-state index in [2.05, 4.69) is 20.8 Å². The van der Waals surface area contributed by atoms with Gasteiger partial charge < -0.3 is 20.6 Å². The molecule has 1 aliphatic rings. The molecule has 1 aromatic carbocycles. The second-order valence-corrected chi connectivity index (χ2v) is 8.35. The van der Waals surface area contributed by atoms with Crippen molar-refractivity contribution in [2.24, 2.45) is 5.92 Å². The summed E-state index contributed by atoms with van der Waals surface area (Å²) < 4.78 is 0. The molecule has 3 amide bonds. The zero-order valence-corrected chi connectivity index (χ0v) is 18.6. The number of nitrogens with one attached hydrogen (secondary N) is 3. The first-order valence-electron chi connectivity index (χ1n) is 11.0. The molecule has 0 aliphatic heterocycles. The van der Waals surface area contributed by atoms with Crippen LogP contribution in [-0.2, 0) is 4.79 Å². The number of H-pyrrole nitrogens is 1. The molecule has 31 heavy (non-hydrogen) atoms. The number of aliphatic hydroxyl groups is 1. The van der Waals surface area contributed by atoms with Crippen molar-refractivity contribution in [2.45, 2.75) is 52.0 Å². The van der Waals surface area contributed by atoms with Crippen LogP contribution in [0, 0.1) is 19.8 Å². The van der Waals surface area contributed by atoms with E-state index in [-0.39, 0.29) is 31.0 Å². The number of aromatic amines is 1. The van der Waals surface area contributed by atoms with Gasteiger partial charge in [0.25, 0.3) is 0 Å². The number of amides is 3. The fraction of sp³-hybridized carbons (Fsp3) is 0.522. The second-order valence-electron chi connectivity index (χ2n) is 8.35. The van der Waals surface area contributed by atoms with Crippen LogP contribution >= 0.6 is 0 Å². The monoisotopic (exact) mass is 427 g/mol. The number of benzene rings is 1. The van der Waals surface area contributed by atoms with Crippen molar-refractivity contribution in [1.82, 2.24) is 20.4 Å². The number of likely N-dealkylation sites (N-methyl/N-ethyl adjacent to an activating group) is 1. The summed E-state index contributed by atoms with van der Waals surface area (Å²) in [7, 11) is 1.61. The first-order chi connectivity index (χ1) is 14.9. The molecule has 3 rings (SSSR count).